The van der Waals surface area contributed by atoms with E-state index in [4.69, 9.17) is 0 Å². The van der Waals surface area contributed by atoms with Gasteiger partial charge in [-0.1, -0.05) is 190 Å². The normalized spacial score (nSPS) is 16.1. The third kappa shape index (κ3) is 5.97. The van der Waals surface area contributed by atoms with Crippen molar-refractivity contribution < 1.29 is 0 Å². The second kappa shape index (κ2) is 14.6. The largest absolute Gasteiger partial charge is 0.0757 e. The van der Waals surface area contributed by atoms with Gasteiger partial charge in [0.25, 0.3) is 0 Å². The fraction of sp³-hybridized carbons (Fsp3) is 0.119. The molecule has 2 unspecified atom stereocenters. The first-order valence-electron chi connectivity index (χ1n) is 21.4. The quantitative estimate of drug-likeness (QED) is 0.159. The Morgan fingerprint density at radius 3 is 1.61 bits per heavy atom. The molecular formula is C59H46. The maximum absolute atomic E-state index is 2.50. The van der Waals surface area contributed by atoms with Gasteiger partial charge in [0.05, 0.1) is 0 Å². The molecule has 59 heavy (non-hydrogen) atoms. The van der Waals surface area contributed by atoms with Crippen LogP contribution in [-0.2, 0) is 0 Å². The average Bonchev–Trinajstić information content (AvgIpc) is 3.30. The van der Waals surface area contributed by atoms with E-state index in [2.05, 4.69) is 208 Å². The van der Waals surface area contributed by atoms with Crippen molar-refractivity contribution in [2.75, 3.05) is 0 Å². The molecule has 0 bridgehead atoms. The maximum atomic E-state index is 2.50. The van der Waals surface area contributed by atoms with Gasteiger partial charge >= 0.3 is 0 Å². The lowest BCUT2D eigenvalue weighted by Crippen LogP contribution is -2.31. The van der Waals surface area contributed by atoms with E-state index in [-0.39, 0.29) is 0 Å². The molecule has 282 valence electrons. The first kappa shape index (κ1) is 35.4. The Kier molecular flexibility index (Phi) is 8.74. The predicted molar refractivity (Wildman–Crippen MR) is 254 cm³/mol. The first-order valence-corrected chi connectivity index (χ1v) is 21.4. The number of allylic oxidation sites excluding steroid dienone is 2. The minimum Gasteiger partial charge on any atom is -0.0757 e. The molecule has 9 aromatic carbocycles. The summed E-state index contributed by atoms with van der Waals surface area (Å²) >= 11 is 0. The SMILES string of the molecule is CCC1=C(c2ccc(-c3ccc4c(-c5ccc6ccccc6c5)c5c(c(-c6ccc7ccccc7c6)c4c3)=CCCC=5)cc2)C(C)C(c2ccccc2)c2ccccc21. The van der Waals surface area contributed by atoms with E-state index in [9.17, 15) is 0 Å². The third-order valence-electron chi connectivity index (χ3n) is 13.3. The highest BCUT2D eigenvalue weighted by Crippen LogP contribution is 2.50. The molecule has 0 spiro atoms. The van der Waals surface area contributed by atoms with Crippen LogP contribution in [-0.4, -0.2) is 0 Å². The molecule has 0 heterocycles. The Morgan fingerprint density at radius 2 is 0.966 bits per heavy atom. The summed E-state index contributed by atoms with van der Waals surface area (Å²) in [5.74, 6) is 0.647. The standard InChI is InChI=1S/C59H46/c1-3-49-50-21-11-12-22-51(50)57(42-17-5-4-6-18-42)38(2)56(49)43-29-25-41(26-30-43)46-33-34-54-55(37-46)59(48-32-28-40-16-8-10-20-45(40)36-48)53-24-14-13-23-52(53)58(54)47-31-27-39-15-7-9-19-44(39)35-47/h4-12,15-38,57H,3,13-14H2,1-2H3. The number of fused-ring (bicyclic) bond motifs is 5. The summed E-state index contributed by atoms with van der Waals surface area (Å²) in [6.07, 6.45) is 8.08. The molecule has 0 N–H and O–H groups in total. The highest BCUT2D eigenvalue weighted by Gasteiger charge is 2.33. The predicted octanol–water partition coefficient (Wildman–Crippen LogP) is 14.6. The van der Waals surface area contributed by atoms with Gasteiger partial charge < -0.3 is 0 Å². The van der Waals surface area contributed by atoms with Crippen molar-refractivity contribution in [3.63, 3.8) is 0 Å². The summed E-state index contributed by atoms with van der Waals surface area (Å²) in [4.78, 5) is 0. The van der Waals surface area contributed by atoms with Crippen molar-refractivity contribution in [1.82, 2.24) is 0 Å². The minimum atomic E-state index is 0.308. The molecule has 11 rings (SSSR count). The van der Waals surface area contributed by atoms with Gasteiger partial charge in [-0.2, -0.15) is 0 Å². The van der Waals surface area contributed by atoms with Crippen LogP contribution < -0.4 is 10.4 Å². The number of benzene rings is 9. The van der Waals surface area contributed by atoms with E-state index in [1.807, 2.05) is 0 Å². The Labute approximate surface area is 347 Å². The molecule has 9 aromatic rings. The van der Waals surface area contributed by atoms with Crippen LogP contribution in [0, 0.1) is 5.92 Å². The van der Waals surface area contributed by atoms with Crippen molar-refractivity contribution in [3.8, 4) is 33.4 Å². The highest BCUT2D eigenvalue weighted by atomic mass is 14.4. The van der Waals surface area contributed by atoms with Crippen LogP contribution in [0.1, 0.15) is 61.3 Å². The smallest absolute Gasteiger partial charge is 0.0162 e. The zero-order valence-corrected chi connectivity index (χ0v) is 33.8. The summed E-state index contributed by atoms with van der Waals surface area (Å²) in [7, 11) is 0. The van der Waals surface area contributed by atoms with Crippen LogP contribution in [0.5, 0.6) is 0 Å². The molecule has 0 saturated carbocycles. The minimum absolute atomic E-state index is 0.308. The van der Waals surface area contributed by atoms with Gasteiger partial charge in [0, 0.05) is 5.92 Å². The van der Waals surface area contributed by atoms with Gasteiger partial charge in [-0.25, -0.2) is 0 Å². The molecule has 0 radical (unpaired) electrons. The molecular weight excluding hydrogens is 709 g/mol. The van der Waals surface area contributed by atoms with Crippen LogP contribution in [0.25, 0.3) is 89.0 Å². The van der Waals surface area contributed by atoms with Crippen molar-refractivity contribution >= 4 is 55.6 Å². The highest BCUT2D eigenvalue weighted by molar-refractivity contribution is 6.09. The van der Waals surface area contributed by atoms with E-state index in [0.29, 0.717) is 11.8 Å². The summed E-state index contributed by atoms with van der Waals surface area (Å²) in [5.41, 5.74) is 16.2. The molecule has 0 saturated heterocycles. The van der Waals surface area contributed by atoms with E-state index in [1.165, 1.54) is 110 Å². The van der Waals surface area contributed by atoms with Gasteiger partial charge in [0.2, 0.25) is 0 Å². The first-order chi connectivity index (χ1) is 29.1. The lowest BCUT2D eigenvalue weighted by Gasteiger charge is -2.36. The molecule has 2 atom stereocenters. The van der Waals surface area contributed by atoms with E-state index in [0.717, 1.165) is 19.3 Å². The Bertz CT molecular complexity index is 3250. The number of hydrogen-bond donors (Lipinski definition) is 0. The Hall–Kier alpha value is -6.76. The van der Waals surface area contributed by atoms with Crippen molar-refractivity contribution in [2.45, 2.75) is 39.0 Å². The maximum Gasteiger partial charge on any atom is 0.0162 e. The molecule has 0 heteroatoms. The summed E-state index contributed by atoms with van der Waals surface area (Å²) in [5, 5.41) is 10.4. The molecule has 0 fully saturated rings. The molecule has 0 nitrogen and oxygen atoms in total. The summed E-state index contributed by atoms with van der Waals surface area (Å²) in [6.45, 7) is 4.75. The van der Waals surface area contributed by atoms with E-state index >= 15 is 0 Å². The van der Waals surface area contributed by atoms with E-state index < -0.39 is 0 Å². The van der Waals surface area contributed by atoms with Crippen LogP contribution in [0.4, 0.5) is 0 Å². The topological polar surface area (TPSA) is 0 Å². The molecule has 0 aromatic heterocycles. The second-order valence-corrected chi connectivity index (χ2v) is 16.5. The van der Waals surface area contributed by atoms with Gasteiger partial charge in [0.1, 0.15) is 0 Å². The van der Waals surface area contributed by atoms with Gasteiger partial charge in [-0.05, 0) is 153 Å². The lowest BCUT2D eigenvalue weighted by atomic mass is 9.67. The van der Waals surface area contributed by atoms with Gasteiger partial charge in [-0.3, -0.25) is 0 Å². The van der Waals surface area contributed by atoms with Crippen LogP contribution >= 0.6 is 0 Å². The molecule has 0 amide bonds. The molecule has 2 aliphatic carbocycles. The van der Waals surface area contributed by atoms with Crippen LogP contribution in [0.2, 0.25) is 0 Å². The number of hydrogen-bond acceptors (Lipinski definition) is 0. The zero-order valence-electron chi connectivity index (χ0n) is 33.8. The van der Waals surface area contributed by atoms with Crippen molar-refractivity contribution in [1.29, 1.82) is 0 Å². The van der Waals surface area contributed by atoms with Gasteiger partial charge in [0.15, 0.2) is 0 Å². The fourth-order valence-electron chi connectivity index (χ4n) is 10.6. The van der Waals surface area contributed by atoms with Crippen molar-refractivity contribution in [2.24, 2.45) is 5.92 Å². The average molecular weight is 755 g/mol. The monoisotopic (exact) mass is 754 g/mol. The fourth-order valence-corrected chi connectivity index (χ4v) is 10.6. The Balaban J connectivity index is 1.10. The van der Waals surface area contributed by atoms with Gasteiger partial charge in [-0.15, -0.1) is 0 Å². The molecule has 0 aliphatic heterocycles. The van der Waals surface area contributed by atoms with Crippen molar-refractivity contribution in [3.05, 3.63) is 215 Å². The summed E-state index contributed by atoms with van der Waals surface area (Å²) < 4.78 is 0. The second-order valence-electron chi connectivity index (χ2n) is 16.5. The Morgan fingerprint density at radius 1 is 0.441 bits per heavy atom. The summed E-state index contributed by atoms with van der Waals surface area (Å²) in [6, 6.07) is 68.4. The van der Waals surface area contributed by atoms with Crippen LogP contribution in [0.15, 0.2) is 182 Å². The van der Waals surface area contributed by atoms with Crippen LogP contribution in [0.3, 0.4) is 0 Å². The zero-order chi connectivity index (χ0) is 39.5. The number of rotatable bonds is 6. The molecule has 2 aliphatic rings. The lowest BCUT2D eigenvalue weighted by molar-refractivity contribution is 0.631. The van der Waals surface area contributed by atoms with E-state index in [1.54, 1.807) is 0 Å². The third-order valence-corrected chi connectivity index (χ3v) is 13.3.